The van der Waals surface area contributed by atoms with Gasteiger partial charge >= 0.3 is 5.97 Å². The highest BCUT2D eigenvalue weighted by molar-refractivity contribution is 6.30. The Morgan fingerprint density at radius 2 is 2.11 bits per heavy atom. The molecular weight excluding hydrogens is 254 g/mol. The molecule has 0 atom stereocenters. The van der Waals surface area contributed by atoms with Crippen molar-refractivity contribution >= 4 is 23.4 Å². The van der Waals surface area contributed by atoms with Gasteiger partial charge in [0.2, 0.25) is 0 Å². The Balaban J connectivity index is 2.14. The first-order valence-electron chi connectivity index (χ1n) is 5.41. The molecule has 2 rings (SSSR count). The van der Waals surface area contributed by atoms with Crippen LogP contribution in [-0.4, -0.2) is 15.7 Å². The maximum atomic E-state index is 11.8. The zero-order valence-corrected chi connectivity index (χ0v) is 10.5. The van der Waals surface area contributed by atoms with Crippen molar-refractivity contribution in [3.8, 4) is 5.75 Å². The summed E-state index contributed by atoms with van der Waals surface area (Å²) in [7, 11) is 0. The SMILES string of the molecule is CCn1nc(C(=O)Oc2ccc(Cl)cc2)cc1N. The Hall–Kier alpha value is -2.01. The summed E-state index contributed by atoms with van der Waals surface area (Å²) in [5.41, 5.74) is 5.86. The van der Waals surface area contributed by atoms with Gasteiger partial charge in [-0.2, -0.15) is 5.10 Å². The van der Waals surface area contributed by atoms with Crippen molar-refractivity contribution in [2.75, 3.05) is 5.73 Å². The summed E-state index contributed by atoms with van der Waals surface area (Å²) >= 11 is 5.74. The van der Waals surface area contributed by atoms with Gasteiger partial charge < -0.3 is 10.5 Å². The largest absolute Gasteiger partial charge is 0.422 e. The minimum absolute atomic E-state index is 0.185. The lowest BCUT2D eigenvalue weighted by molar-refractivity contribution is 0.0727. The summed E-state index contributed by atoms with van der Waals surface area (Å²) in [6.45, 7) is 2.48. The Morgan fingerprint density at radius 3 is 2.67 bits per heavy atom. The van der Waals surface area contributed by atoms with E-state index in [1.54, 1.807) is 24.3 Å². The number of anilines is 1. The first-order chi connectivity index (χ1) is 8.60. The minimum atomic E-state index is -0.545. The average Bonchev–Trinajstić information content (AvgIpc) is 2.73. The molecule has 0 fully saturated rings. The van der Waals surface area contributed by atoms with Crippen LogP contribution in [0.4, 0.5) is 5.82 Å². The predicted octanol–water partition coefficient (Wildman–Crippen LogP) is 2.36. The highest BCUT2D eigenvalue weighted by Crippen LogP contribution is 2.17. The molecule has 0 spiro atoms. The standard InChI is InChI=1S/C12H12ClN3O2/c1-2-16-11(14)7-10(15-16)12(17)18-9-5-3-8(13)4-6-9/h3-7H,2,14H2,1H3. The minimum Gasteiger partial charge on any atom is -0.422 e. The van der Waals surface area contributed by atoms with Crippen LogP contribution in [0.3, 0.4) is 0 Å². The van der Waals surface area contributed by atoms with Gasteiger partial charge in [0, 0.05) is 17.6 Å². The second-order valence-corrected chi connectivity index (χ2v) is 4.05. The number of carbonyl (C=O) groups is 1. The number of carbonyl (C=O) groups excluding carboxylic acids is 1. The highest BCUT2D eigenvalue weighted by atomic mass is 35.5. The molecule has 2 N–H and O–H groups in total. The lowest BCUT2D eigenvalue weighted by Gasteiger charge is -2.01. The number of rotatable bonds is 3. The van der Waals surface area contributed by atoms with E-state index < -0.39 is 5.97 Å². The Bertz CT molecular complexity index is 563. The van der Waals surface area contributed by atoms with Crippen molar-refractivity contribution in [2.45, 2.75) is 13.5 Å². The molecule has 1 aromatic heterocycles. The molecule has 0 aliphatic heterocycles. The van der Waals surface area contributed by atoms with Gasteiger partial charge in [-0.15, -0.1) is 0 Å². The average molecular weight is 266 g/mol. The first kappa shape index (κ1) is 12.4. The molecule has 0 unspecified atom stereocenters. The van der Waals surface area contributed by atoms with Crippen LogP contribution in [0.25, 0.3) is 0 Å². The van der Waals surface area contributed by atoms with E-state index in [0.29, 0.717) is 23.1 Å². The number of hydrogen-bond acceptors (Lipinski definition) is 4. The molecule has 1 heterocycles. The van der Waals surface area contributed by atoms with Crippen LogP contribution >= 0.6 is 11.6 Å². The van der Waals surface area contributed by atoms with Gasteiger partial charge in [0.05, 0.1) is 0 Å². The molecular formula is C12H12ClN3O2. The van der Waals surface area contributed by atoms with Crippen LogP contribution in [0.1, 0.15) is 17.4 Å². The van der Waals surface area contributed by atoms with E-state index in [-0.39, 0.29) is 5.69 Å². The van der Waals surface area contributed by atoms with E-state index in [2.05, 4.69) is 5.10 Å². The summed E-state index contributed by atoms with van der Waals surface area (Å²) in [5, 5.41) is 4.61. The van der Waals surface area contributed by atoms with E-state index in [4.69, 9.17) is 22.1 Å². The van der Waals surface area contributed by atoms with Gasteiger partial charge in [-0.1, -0.05) is 11.6 Å². The predicted molar refractivity (Wildman–Crippen MR) is 68.7 cm³/mol. The Kier molecular flexibility index (Phi) is 3.53. The van der Waals surface area contributed by atoms with Crippen molar-refractivity contribution in [3.05, 3.63) is 41.0 Å². The lowest BCUT2D eigenvalue weighted by atomic mass is 10.3. The quantitative estimate of drug-likeness (QED) is 0.683. The van der Waals surface area contributed by atoms with Crippen molar-refractivity contribution in [3.63, 3.8) is 0 Å². The van der Waals surface area contributed by atoms with Crippen LogP contribution in [0, 0.1) is 0 Å². The number of nitrogens with zero attached hydrogens (tertiary/aromatic N) is 2. The van der Waals surface area contributed by atoms with Gasteiger partial charge in [-0.3, -0.25) is 0 Å². The van der Waals surface area contributed by atoms with Crippen LogP contribution in [0.5, 0.6) is 5.75 Å². The fourth-order valence-electron chi connectivity index (χ4n) is 1.45. The van der Waals surface area contributed by atoms with Gasteiger partial charge in [0.15, 0.2) is 5.69 Å². The van der Waals surface area contributed by atoms with Crippen LogP contribution in [0.2, 0.25) is 5.02 Å². The molecule has 0 aliphatic rings. The van der Waals surface area contributed by atoms with Crippen molar-refractivity contribution < 1.29 is 9.53 Å². The Labute approximate surface area is 109 Å². The molecule has 0 saturated carbocycles. The Morgan fingerprint density at radius 1 is 1.44 bits per heavy atom. The summed E-state index contributed by atoms with van der Waals surface area (Å²) in [5.74, 6) is 0.297. The molecule has 0 saturated heterocycles. The van der Waals surface area contributed by atoms with E-state index in [0.717, 1.165) is 0 Å². The number of nitrogen functional groups attached to an aromatic ring is 1. The normalized spacial score (nSPS) is 10.3. The van der Waals surface area contributed by atoms with Crippen LogP contribution < -0.4 is 10.5 Å². The molecule has 94 valence electrons. The number of halogens is 1. The molecule has 0 amide bonds. The van der Waals surface area contributed by atoms with Crippen molar-refractivity contribution in [2.24, 2.45) is 0 Å². The van der Waals surface area contributed by atoms with E-state index >= 15 is 0 Å². The number of hydrogen-bond donors (Lipinski definition) is 1. The van der Waals surface area contributed by atoms with Gasteiger partial charge in [0.1, 0.15) is 11.6 Å². The van der Waals surface area contributed by atoms with E-state index in [1.807, 2.05) is 6.92 Å². The summed E-state index contributed by atoms with van der Waals surface area (Å²) in [4.78, 5) is 11.8. The van der Waals surface area contributed by atoms with Gasteiger partial charge in [0.25, 0.3) is 0 Å². The maximum absolute atomic E-state index is 11.8. The molecule has 1 aromatic carbocycles. The van der Waals surface area contributed by atoms with Crippen molar-refractivity contribution in [1.29, 1.82) is 0 Å². The molecule has 2 aromatic rings. The monoisotopic (exact) mass is 265 g/mol. The number of aryl methyl sites for hydroxylation is 1. The first-order valence-corrected chi connectivity index (χ1v) is 5.79. The van der Waals surface area contributed by atoms with Gasteiger partial charge in [-0.25, -0.2) is 9.48 Å². The second-order valence-electron chi connectivity index (χ2n) is 3.61. The summed E-state index contributed by atoms with van der Waals surface area (Å²) < 4.78 is 6.67. The lowest BCUT2D eigenvalue weighted by Crippen LogP contribution is -2.10. The number of esters is 1. The smallest absolute Gasteiger partial charge is 0.364 e. The van der Waals surface area contributed by atoms with Crippen LogP contribution in [0.15, 0.2) is 30.3 Å². The third-order valence-corrected chi connectivity index (χ3v) is 2.60. The molecule has 0 bridgehead atoms. The number of ether oxygens (including phenoxy) is 1. The molecule has 0 radical (unpaired) electrons. The number of benzene rings is 1. The molecule has 6 heteroatoms. The number of nitrogens with two attached hydrogens (primary N) is 1. The van der Waals surface area contributed by atoms with E-state index in [9.17, 15) is 4.79 Å². The summed E-state index contributed by atoms with van der Waals surface area (Å²) in [6.07, 6.45) is 0. The highest BCUT2D eigenvalue weighted by Gasteiger charge is 2.14. The summed E-state index contributed by atoms with van der Waals surface area (Å²) in [6, 6.07) is 7.99. The van der Waals surface area contributed by atoms with Crippen molar-refractivity contribution in [1.82, 2.24) is 9.78 Å². The molecule has 5 nitrogen and oxygen atoms in total. The number of aromatic nitrogens is 2. The van der Waals surface area contributed by atoms with Gasteiger partial charge in [-0.05, 0) is 31.2 Å². The fourth-order valence-corrected chi connectivity index (χ4v) is 1.57. The fraction of sp³-hybridized carbons (Fsp3) is 0.167. The third-order valence-electron chi connectivity index (χ3n) is 2.34. The third kappa shape index (κ3) is 2.62. The topological polar surface area (TPSA) is 70.1 Å². The van der Waals surface area contributed by atoms with Crippen LogP contribution in [-0.2, 0) is 6.54 Å². The zero-order valence-electron chi connectivity index (χ0n) is 9.76. The molecule has 0 aliphatic carbocycles. The molecule has 18 heavy (non-hydrogen) atoms. The maximum Gasteiger partial charge on any atom is 0.364 e. The second kappa shape index (κ2) is 5.10. The zero-order chi connectivity index (χ0) is 13.1. The van der Waals surface area contributed by atoms with E-state index in [1.165, 1.54) is 10.7 Å².